The van der Waals surface area contributed by atoms with Crippen LogP contribution in [0.3, 0.4) is 0 Å². The van der Waals surface area contributed by atoms with Gasteiger partial charge in [-0.15, -0.1) is 11.8 Å². The van der Waals surface area contributed by atoms with Crippen molar-refractivity contribution in [2.24, 2.45) is 0 Å². The fraction of sp³-hybridized carbons (Fsp3) is 0.174. The Morgan fingerprint density at radius 3 is 2.13 bits per heavy atom. The summed E-state index contributed by atoms with van der Waals surface area (Å²) >= 11 is 1.36. The van der Waals surface area contributed by atoms with Gasteiger partial charge in [-0.3, -0.25) is 9.10 Å². The number of hydrogen-bond acceptors (Lipinski definition) is 4. The van der Waals surface area contributed by atoms with E-state index in [4.69, 9.17) is 0 Å². The molecule has 0 fully saturated rings. The van der Waals surface area contributed by atoms with Crippen LogP contribution in [0, 0.1) is 13.8 Å². The van der Waals surface area contributed by atoms with Crippen molar-refractivity contribution in [1.29, 1.82) is 0 Å². The first-order valence-corrected chi connectivity index (χ1v) is 11.8. The number of benzene rings is 3. The highest BCUT2D eigenvalue weighted by atomic mass is 32.2. The van der Waals surface area contributed by atoms with E-state index in [0.29, 0.717) is 5.69 Å². The maximum absolute atomic E-state index is 12.8. The summed E-state index contributed by atoms with van der Waals surface area (Å²) in [6, 6.07) is 21.4. The van der Waals surface area contributed by atoms with E-state index in [1.807, 2.05) is 32.0 Å². The molecule has 0 aliphatic rings. The van der Waals surface area contributed by atoms with Gasteiger partial charge in [0.15, 0.2) is 0 Å². The Labute approximate surface area is 182 Å². The van der Waals surface area contributed by atoms with Crippen LogP contribution in [-0.2, 0) is 14.8 Å². The first kappa shape index (κ1) is 21.9. The molecule has 3 aromatic carbocycles. The molecule has 0 aromatic heterocycles. The SMILES string of the molecule is Cc1cc(C)cc(NC(=O)CSc2ccc(S(=O)(=O)N(C)c3ccccc3)cc2)c1. The van der Waals surface area contributed by atoms with Gasteiger partial charge in [0.25, 0.3) is 10.0 Å². The molecule has 5 nitrogen and oxygen atoms in total. The quantitative estimate of drug-likeness (QED) is 0.533. The van der Waals surface area contributed by atoms with Gasteiger partial charge in [-0.05, 0) is 73.5 Å². The highest BCUT2D eigenvalue weighted by Gasteiger charge is 2.21. The van der Waals surface area contributed by atoms with E-state index in [9.17, 15) is 13.2 Å². The van der Waals surface area contributed by atoms with Crippen LogP contribution < -0.4 is 9.62 Å². The van der Waals surface area contributed by atoms with Gasteiger partial charge < -0.3 is 5.32 Å². The van der Waals surface area contributed by atoms with Crippen molar-refractivity contribution in [3.8, 4) is 0 Å². The monoisotopic (exact) mass is 440 g/mol. The molecule has 0 unspecified atom stereocenters. The second-order valence-corrected chi connectivity index (χ2v) is 10.0. The maximum Gasteiger partial charge on any atom is 0.264 e. The van der Waals surface area contributed by atoms with Crippen LogP contribution in [0.2, 0.25) is 0 Å². The van der Waals surface area contributed by atoms with Crippen molar-refractivity contribution >= 4 is 39.1 Å². The third-order valence-electron chi connectivity index (χ3n) is 4.48. The Hall–Kier alpha value is -2.77. The second kappa shape index (κ2) is 9.36. The smallest absolute Gasteiger partial charge is 0.264 e. The minimum Gasteiger partial charge on any atom is -0.325 e. The number of anilines is 2. The van der Waals surface area contributed by atoms with E-state index < -0.39 is 10.0 Å². The summed E-state index contributed by atoms with van der Waals surface area (Å²) in [5, 5.41) is 2.90. The van der Waals surface area contributed by atoms with Gasteiger partial charge in [0.2, 0.25) is 5.91 Å². The number of sulfonamides is 1. The lowest BCUT2D eigenvalue weighted by Crippen LogP contribution is -2.26. The number of carbonyl (C=O) groups is 1. The lowest BCUT2D eigenvalue weighted by atomic mass is 10.1. The highest BCUT2D eigenvalue weighted by molar-refractivity contribution is 8.00. The number of nitrogens with one attached hydrogen (secondary N) is 1. The van der Waals surface area contributed by atoms with E-state index >= 15 is 0 Å². The Bertz CT molecular complexity index is 1110. The molecular formula is C23H24N2O3S2. The third kappa shape index (κ3) is 5.43. The number of nitrogens with zero attached hydrogens (tertiary/aromatic N) is 1. The Balaban J connectivity index is 1.62. The van der Waals surface area contributed by atoms with Crippen molar-refractivity contribution in [3.63, 3.8) is 0 Å². The minimum absolute atomic E-state index is 0.106. The number of carbonyl (C=O) groups excluding carboxylic acids is 1. The largest absolute Gasteiger partial charge is 0.325 e. The fourth-order valence-electron chi connectivity index (χ4n) is 3.04. The molecule has 0 spiro atoms. The molecule has 3 rings (SSSR count). The van der Waals surface area contributed by atoms with Crippen LogP contribution in [-0.4, -0.2) is 27.1 Å². The lowest BCUT2D eigenvalue weighted by molar-refractivity contribution is -0.113. The Kier molecular flexibility index (Phi) is 6.84. The number of amides is 1. The molecule has 0 radical (unpaired) electrons. The number of rotatable bonds is 7. The number of thioether (sulfide) groups is 1. The molecule has 0 saturated carbocycles. The molecule has 0 saturated heterocycles. The first-order chi connectivity index (χ1) is 14.3. The van der Waals surface area contributed by atoms with Gasteiger partial charge in [0.05, 0.1) is 16.3 Å². The molecule has 7 heteroatoms. The van der Waals surface area contributed by atoms with Gasteiger partial charge >= 0.3 is 0 Å². The zero-order valence-electron chi connectivity index (χ0n) is 17.1. The molecule has 1 amide bonds. The summed E-state index contributed by atoms with van der Waals surface area (Å²) in [6.45, 7) is 3.98. The molecule has 0 atom stereocenters. The van der Waals surface area contributed by atoms with Crippen LogP contribution >= 0.6 is 11.8 Å². The van der Waals surface area contributed by atoms with E-state index in [-0.39, 0.29) is 16.6 Å². The number of para-hydroxylation sites is 1. The van der Waals surface area contributed by atoms with Crippen molar-refractivity contribution < 1.29 is 13.2 Å². The van der Waals surface area contributed by atoms with Gasteiger partial charge in [-0.25, -0.2) is 8.42 Å². The van der Waals surface area contributed by atoms with Crippen molar-refractivity contribution in [1.82, 2.24) is 0 Å². The average molecular weight is 441 g/mol. The van der Waals surface area contributed by atoms with Crippen molar-refractivity contribution in [2.45, 2.75) is 23.6 Å². The molecule has 30 heavy (non-hydrogen) atoms. The highest BCUT2D eigenvalue weighted by Crippen LogP contribution is 2.25. The second-order valence-electron chi connectivity index (χ2n) is 6.99. The normalized spacial score (nSPS) is 11.2. The van der Waals surface area contributed by atoms with Crippen LogP contribution in [0.15, 0.2) is 82.6 Å². The summed E-state index contributed by atoms with van der Waals surface area (Å²) in [4.78, 5) is 13.3. The Morgan fingerprint density at radius 1 is 0.933 bits per heavy atom. The van der Waals surface area contributed by atoms with Crippen LogP contribution in [0.4, 0.5) is 11.4 Å². The summed E-state index contributed by atoms with van der Waals surface area (Å²) in [7, 11) is -2.11. The predicted molar refractivity (Wildman–Crippen MR) is 124 cm³/mol. The summed E-state index contributed by atoms with van der Waals surface area (Å²) in [6.07, 6.45) is 0. The lowest BCUT2D eigenvalue weighted by Gasteiger charge is -2.19. The van der Waals surface area contributed by atoms with Gasteiger partial charge in [-0.1, -0.05) is 24.3 Å². The fourth-order valence-corrected chi connectivity index (χ4v) is 4.93. The van der Waals surface area contributed by atoms with Gasteiger partial charge in [0.1, 0.15) is 0 Å². The van der Waals surface area contributed by atoms with E-state index in [0.717, 1.165) is 21.7 Å². The maximum atomic E-state index is 12.8. The summed E-state index contributed by atoms with van der Waals surface area (Å²) < 4.78 is 26.9. The van der Waals surface area contributed by atoms with E-state index in [1.165, 1.54) is 23.1 Å². The molecule has 0 heterocycles. The van der Waals surface area contributed by atoms with Crippen molar-refractivity contribution in [3.05, 3.63) is 83.9 Å². The third-order valence-corrected chi connectivity index (χ3v) is 7.29. The summed E-state index contributed by atoms with van der Waals surface area (Å²) in [5.41, 5.74) is 3.56. The van der Waals surface area contributed by atoms with Crippen LogP contribution in [0.25, 0.3) is 0 Å². The van der Waals surface area contributed by atoms with E-state index in [1.54, 1.807) is 48.5 Å². The molecule has 0 bridgehead atoms. The minimum atomic E-state index is -3.64. The first-order valence-electron chi connectivity index (χ1n) is 9.41. The molecule has 1 N–H and O–H groups in total. The Morgan fingerprint density at radius 2 is 1.53 bits per heavy atom. The van der Waals surface area contributed by atoms with Gasteiger partial charge in [0, 0.05) is 17.6 Å². The standard InChI is InChI=1S/C23H24N2O3S2/c1-17-13-18(2)15-19(14-17)24-23(26)16-29-21-9-11-22(12-10-21)30(27,28)25(3)20-7-5-4-6-8-20/h4-15H,16H2,1-3H3,(H,24,26). The number of aryl methyl sites for hydroxylation is 2. The van der Waals surface area contributed by atoms with Crippen LogP contribution in [0.1, 0.15) is 11.1 Å². The van der Waals surface area contributed by atoms with Gasteiger partial charge in [-0.2, -0.15) is 0 Å². The zero-order valence-corrected chi connectivity index (χ0v) is 18.8. The molecule has 3 aromatic rings. The topological polar surface area (TPSA) is 66.5 Å². The average Bonchev–Trinajstić information content (AvgIpc) is 2.72. The predicted octanol–water partition coefficient (Wildman–Crippen LogP) is 4.86. The summed E-state index contributed by atoms with van der Waals surface area (Å²) in [5.74, 6) is 0.133. The van der Waals surface area contributed by atoms with Crippen molar-refractivity contribution in [2.75, 3.05) is 22.4 Å². The zero-order chi connectivity index (χ0) is 21.7. The molecule has 156 valence electrons. The molecule has 0 aliphatic heterocycles. The van der Waals surface area contributed by atoms with E-state index in [2.05, 4.69) is 11.4 Å². The van der Waals surface area contributed by atoms with Crippen LogP contribution in [0.5, 0.6) is 0 Å². The molecule has 0 aliphatic carbocycles. The molecular weight excluding hydrogens is 416 g/mol. The number of hydrogen-bond donors (Lipinski definition) is 1.